The van der Waals surface area contributed by atoms with Crippen LogP contribution in [0, 0.1) is 5.92 Å². The summed E-state index contributed by atoms with van der Waals surface area (Å²) in [6.45, 7) is 4.33. The highest BCUT2D eigenvalue weighted by molar-refractivity contribution is 5.25. The lowest BCUT2D eigenvalue weighted by atomic mass is 9.95. The van der Waals surface area contributed by atoms with Crippen LogP contribution >= 0.6 is 0 Å². The summed E-state index contributed by atoms with van der Waals surface area (Å²) in [5.41, 5.74) is 1.49. The van der Waals surface area contributed by atoms with Crippen molar-refractivity contribution in [3.05, 3.63) is 23.8 Å². The van der Waals surface area contributed by atoms with Crippen molar-refractivity contribution in [3.8, 4) is 0 Å². The SMILES string of the molecule is COC(C)C(C)C1=CC=CC1. The fraction of sp³-hybridized carbons (Fsp3) is 0.600. The van der Waals surface area contributed by atoms with Gasteiger partial charge in [0, 0.05) is 13.0 Å². The number of hydrogen-bond acceptors (Lipinski definition) is 1. The Morgan fingerprint density at radius 2 is 2.18 bits per heavy atom. The topological polar surface area (TPSA) is 9.23 Å². The lowest BCUT2D eigenvalue weighted by molar-refractivity contribution is 0.0857. The summed E-state index contributed by atoms with van der Waals surface area (Å²) in [6, 6.07) is 0. The Morgan fingerprint density at radius 1 is 1.45 bits per heavy atom. The first-order valence-corrected chi connectivity index (χ1v) is 4.14. The second-order valence-electron chi connectivity index (χ2n) is 3.10. The van der Waals surface area contributed by atoms with Crippen molar-refractivity contribution in [2.75, 3.05) is 7.11 Å². The Kier molecular flexibility index (Phi) is 2.89. The molecule has 1 aliphatic rings. The molecular weight excluding hydrogens is 136 g/mol. The molecule has 0 amide bonds. The monoisotopic (exact) mass is 152 g/mol. The van der Waals surface area contributed by atoms with Crippen molar-refractivity contribution in [3.63, 3.8) is 0 Å². The molecule has 1 nitrogen and oxygen atoms in total. The van der Waals surface area contributed by atoms with Gasteiger partial charge in [-0.05, 0) is 13.3 Å². The normalized spacial score (nSPS) is 21.5. The van der Waals surface area contributed by atoms with Crippen LogP contribution in [0.4, 0.5) is 0 Å². The zero-order valence-corrected chi connectivity index (χ0v) is 7.50. The van der Waals surface area contributed by atoms with Crippen molar-refractivity contribution in [2.45, 2.75) is 26.4 Å². The van der Waals surface area contributed by atoms with Crippen molar-refractivity contribution in [1.82, 2.24) is 0 Å². The average Bonchev–Trinajstić information content (AvgIpc) is 2.53. The summed E-state index contributed by atoms with van der Waals surface area (Å²) in [5.74, 6) is 0.551. The summed E-state index contributed by atoms with van der Waals surface area (Å²) in [4.78, 5) is 0. The highest BCUT2D eigenvalue weighted by Crippen LogP contribution is 2.23. The first-order chi connectivity index (χ1) is 5.25. The molecule has 0 aromatic carbocycles. The molecule has 0 saturated heterocycles. The van der Waals surface area contributed by atoms with E-state index in [2.05, 4.69) is 32.1 Å². The molecule has 0 spiro atoms. The molecule has 0 aromatic rings. The molecule has 0 heterocycles. The molecule has 2 unspecified atom stereocenters. The zero-order valence-electron chi connectivity index (χ0n) is 7.50. The van der Waals surface area contributed by atoms with Gasteiger partial charge in [-0.2, -0.15) is 0 Å². The summed E-state index contributed by atoms with van der Waals surface area (Å²) in [7, 11) is 1.77. The van der Waals surface area contributed by atoms with Crippen LogP contribution in [0.15, 0.2) is 23.8 Å². The molecule has 62 valence electrons. The van der Waals surface area contributed by atoms with E-state index in [1.54, 1.807) is 7.11 Å². The fourth-order valence-electron chi connectivity index (χ4n) is 1.31. The van der Waals surface area contributed by atoms with Crippen LogP contribution in [-0.2, 0) is 4.74 Å². The van der Waals surface area contributed by atoms with Gasteiger partial charge in [-0.25, -0.2) is 0 Å². The van der Waals surface area contributed by atoms with Gasteiger partial charge in [0.1, 0.15) is 0 Å². The van der Waals surface area contributed by atoms with Crippen LogP contribution in [0.25, 0.3) is 0 Å². The Hall–Kier alpha value is -0.560. The van der Waals surface area contributed by atoms with E-state index < -0.39 is 0 Å². The Labute approximate surface area is 68.8 Å². The minimum absolute atomic E-state index is 0.334. The van der Waals surface area contributed by atoms with E-state index in [4.69, 9.17) is 4.74 Å². The summed E-state index contributed by atoms with van der Waals surface area (Å²) in [6.07, 6.45) is 7.94. The zero-order chi connectivity index (χ0) is 8.27. The summed E-state index contributed by atoms with van der Waals surface area (Å²) in [5, 5.41) is 0. The molecule has 0 bridgehead atoms. The average molecular weight is 152 g/mol. The van der Waals surface area contributed by atoms with Crippen LogP contribution in [-0.4, -0.2) is 13.2 Å². The Morgan fingerprint density at radius 3 is 2.64 bits per heavy atom. The van der Waals surface area contributed by atoms with Gasteiger partial charge in [-0.15, -0.1) is 0 Å². The smallest absolute Gasteiger partial charge is 0.0606 e. The third kappa shape index (κ3) is 1.93. The standard InChI is InChI=1S/C10H16O/c1-8(9(2)11-3)10-6-4-5-7-10/h4-6,8-9H,7H2,1-3H3. The minimum Gasteiger partial charge on any atom is -0.381 e. The van der Waals surface area contributed by atoms with Gasteiger partial charge in [0.25, 0.3) is 0 Å². The van der Waals surface area contributed by atoms with Gasteiger partial charge < -0.3 is 4.74 Å². The van der Waals surface area contributed by atoms with E-state index in [1.165, 1.54) is 5.57 Å². The third-order valence-corrected chi connectivity index (χ3v) is 2.46. The number of methoxy groups -OCH3 is 1. The number of allylic oxidation sites excluding steroid dienone is 3. The van der Waals surface area contributed by atoms with Crippen LogP contribution < -0.4 is 0 Å². The Balaban J connectivity index is 2.47. The first-order valence-electron chi connectivity index (χ1n) is 4.14. The quantitative estimate of drug-likeness (QED) is 0.604. The van der Waals surface area contributed by atoms with Gasteiger partial charge in [-0.3, -0.25) is 0 Å². The molecule has 1 rings (SSSR count). The maximum atomic E-state index is 5.26. The molecular formula is C10H16O. The van der Waals surface area contributed by atoms with Crippen molar-refractivity contribution in [2.24, 2.45) is 5.92 Å². The van der Waals surface area contributed by atoms with Gasteiger partial charge in [0.15, 0.2) is 0 Å². The molecule has 0 saturated carbocycles. The molecule has 0 aliphatic heterocycles. The van der Waals surface area contributed by atoms with Crippen LogP contribution in [0.1, 0.15) is 20.3 Å². The van der Waals surface area contributed by atoms with Crippen LogP contribution in [0.3, 0.4) is 0 Å². The maximum Gasteiger partial charge on any atom is 0.0606 e. The van der Waals surface area contributed by atoms with E-state index in [0.29, 0.717) is 12.0 Å². The summed E-state index contributed by atoms with van der Waals surface area (Å²) >= 11 is 0. The highest BCUT2D eigenvalue weighted by Gasteiger charge is 2.15. The lowest BCUT2D eigenvalue weighted by Gasteiger charge is -2.19. The molecule has 0 fully saturated rings. The molecule has 0 radical (unpaired) electrons. The second kappa shape index (κ2) is 3.72. The maximum absolute atomic E-state index is 5.26. The van der Waals surface area contributed by atoms with Crippen molar-refractivity contribution < 1.29 is 4.74 Å². The second-order valence-corrected chi connectivity index (χ2v) is 3.10. The third-order valence-electron chi connectivity index (χ3n) is 2.46. The summed E-state index contributed by atoms with van der Waals surface area (Å²) < 4.78 is 5.26. The van der Waals surface area contributed by atoms with Gasteiger partial charge in [0.05, 0.1) is 6.10 Å². The van der Waals surface area contributed by atoms with E-state index in [9.17, 15) is 0 Å². The predicted molar refractivity (Wildman–Crippen MR) is 47.5 cm³/mol. The Bertz CT molecular complexity index is 179. The van der Waals surface area contributed by atoms with E-state index in [0.717, 1.165) is 6.42 Å². The van der Waals surface area contributed by atoms with Gasteiger partial charge in [-0.1, -0.05) is 30.7 Å². The van der Waals surface area contributed by atoms with Gasteiger partial charge in [0.2, 0.25) is 0 Å². The van der Waals surface area contributed by atoms with Crippen LogP contribution in [0.2, 0.25) is 0 Å². The predicted octanol–water partition coefficient (Wildman–Crippen LogP) is 2.54. The van der Waals surface area contributed by atoms with Gasteiger partial charge >= 0.3 is 0 Å². The molecule has 2 atom stereocenters. The van der Waals surface area contributed by atoms with Crippen molar-refractivity contribution >= 4 is 0 Å². The first kappa shape index (κ1) is 8.54. The lowest BCUT2D eigenvalue weighted by Crippen LogP contribution is -2.17. The molecule has 0 N–H and O–H groups in total. The number of hydrogen-bond donors (Lipinski definition) is 0. The molecule has 1 heteroatoms. The number of rotatable bonds is 3. The number of ether oxygens (including phenoxy) is 1. The largest absolute Gasteiger partial charge is 0.381 e. The fourth-order valence-corrected chi connectivity index (χ4v) is 1.31. The molecule has 0 aromatic heterocycles. The molecule has 11 heavy (non-hydrogen) atoms. The minimum atomic E-state index is 0.334. The highest BCUT2D eigenvalue weighted by atomic mass is 16.5. The van der Waals surface area contributed by atoms with E-state index >= 15 is 0 Å². The molecule has 1 aliphatic carbocycles. The van der Waals surface area contributed by atoms with Crippen molar-refractivity contribution in [1.29, 1.82) is 0 Å². The van der Waals surface area contributed by atoms with E-state index in [1.807, 2.05) is 0 Å². The van der Waals surface area contributed by atoms with E-state index in [-0.39, 0.29) is 0 Å². The van der Waals surface area contributed by atoms with Crippen LogP contribution in [0.5, 0.6) is 0 Å².